The molecule has 23 heavy (non-hydrogen) atoms. The van der Waals surface area contributed by atoms with Crippen LogP contribution in [0.3, 0.4) is 0 Å². The van der Waals surface area contributed by atoms with E-state index in [1.165, 1.54) is 17.6 Å². The van der Waals surface area contributed by atoms with E-state index in [9.17, 15) is 9.59 Å². The van der Waals surface area contributed by atoms with Gasteiger partial charge in [-0.15, -0.1) is 11.8 Å². The fourth-order valence-corrected chi connectivity index (χ4v) is 3.73. The van der Waals surface area contributed by atoms with Gasteiger partial charge in [0.15, 0.2) is 0 Å². The Balaban J connectivity index is 1.74. The normalized spacial score (nSPS) is 16.3. The van der Waals surface area contributed by atoms with E-state index in [1.54, 1.807) is 24.3 Å². The minimum Gasteiger partial charge on any atom is -0.465 e. The molecular formula is C18H17NO3S. The van der Waals surface area contributed by atoms with Gasteiger partial charge in [0.2, 0.25) is 0 Å². The number of methoxy groups -OCH3 is 1. The third-order valence-corrected chi connectivity index (χ3v) is 4.95. The summed E-state index contributed by atoms with van der Waals surface area (Å²) < 4.78 is 4.66. The number of thioether (sulfide) groups is 1. The van der Waals surface area contributed by atoms with Crippen molar-refractivity contribution in [2.75, 3.05) is 12.9 Å². The summed E-state index contributed by atoms with van der Waals surface area (Å²) in [6.07, 6.45) is 0.910. The molecule has 4 nitrogen and oxygen atoms in total. The number of benzene rings is 2. The number of nitrogens with one attached hydrogen (secondary N) is 1. The van der Waals surface area contributed by atoms with Crippen molar-refractivity contribution in [3.05, 3.63) is 65.2 Å². The number of carbonyl (C=O) groups excluding carboxylic acids is 2. The Morgan fingerprint density at radius 2 is 1.78 bits per heavy atom. The van der Waals surface area contributed by atoms with Gasteiger partial charge >= 0.3 is 5.97 Å². The maximum Gasteiger partial charge on any atom is 0.337 e. The van der Waals surface area contributed by atoms with Crippen molar-refractivity contribution >= 4 is 23.6 Å². The molecule has 0 unspecified atom stereocenters. The van der Waals surface area contributed by atoms with Crippen LogP contribution in [-0.2, 0) is 4.74 Å². The number of rotatable bonds is 3. The molecule has 0 aliphatic carbocycles. The monoisotopic (exact) mass is 327 g/mol. The first kappa shape index (κ1) is 15.6. The van der Waals surface area contributed by atoms with Crippen LogP contribution in [0.25, 0.3) is 0 Å². The van der Waals surface area contributed by atoms with Crippen LogP contribution in [-0.4, -0.2) is 24.7 Å². The Labute approximate surface area is 139 Å². The number of fused-ring (bicyclic) bond motifs is 1. The van der Waals surface area contributed by atoms with Gasteiger partial charge in [-0.3, -0.25) is 4.79 Å². The largest absolute Gasteiger partial charge is 0.465 e. The minimum absolute atomic E-state index is 0.0280. The van der Waals surface area contributed by atoms with E-state index in [0.717, 1.165) is 12.2 Å². The van der Waals surface area contributed by atoms with E-state index in [-0.39, 0.29) is 11.9 Å². The Bertz CT molecular complexity index is 727. The van der Waals surface area contributed by atoms with Gasteiger partial charge < -0.3 is 10.1 Å². The third-order valence-electron chi connectivity index (χ3n) is 3.83. The average molecular weight is 327 g/mol. The second-order valence-corrected chi connectivity index (χ2v) is 6.41. The summed E-state index contributed by atoms with van der Waals surface area (Å²) in [6, 6.07) is 14.7. The number of carbonyl (C=O) groups is 2. The quantitative estimate of drug-likeness (QED) is 0.878. The molecular weight excluding hydrogens is 310 g/mol. The summed E-state index contributed by atoms with van der Waals surface area (Å²) in [5.74, 6) is 0.451. The number of amides is 1. The molecule has 1 aliphatic heterocycles. The minimum atomic E-state index is -0.407. The summed E-state index contributed by atoms with van der Waals surface area (Å²) >= 11 is 1.82. The molecule has 0 saturated heterocycles. The lowest BCUT2D eigenvalue weighted by Gasteiger charge is -2.25. The molecule has 2 aromatic carbocycles. The zero-order chi connectivity index (χ0) is 16.2. The number of hydrogen-bond donors (Lipinski definition) is 1. The Hall–Kier alpha value is -2.27. The molecule has 1 N–H and O–H groups in total. The number of ether oxygens (including phenoxy) is 1. The molecule has 5 heteroatoms. The van der Waals surface area contributed by atoms with E-state index in [0.29, 0.717) is 11.1 Å². The highest BCUT2D eigenvalue weighted by Gasteiger charge is 2.22. The van der Waals surface area contributed by atoms with E-state index in [4.69, 9.17) is 0 Å². The summed E-state index contributed by atoms with van der Waals surface area (Å²) in [5, 5.41) is 3.09. The maximum absolute atomic E-state index is 12.4. The molecule has 0 fully saturated rings. The first-order valence-electron chi connectivity index (χ1n) is 7.40. The predicted molar refractivity (Wildman–Crippen MR) is 89.8 cm³/mol. The Kier molecular flexibility index (Phi) is 4.67. The Morgan fingerprint density at radius 1 is 1.09 bits per heavy atom. The molecule has 0 saturated carbocycles. The van der Waals surface area contributed by atoms with Crippen LogP contribution < -0.4 is 5.32 Å². The SMILES string of the molecule is COC(=O)c1ccc(C(=O)N[C@@H]2CCSc3ccccc32)cc1. The highest BCUT2D eigenvalue weighted by molar-refractivity contribution is 7.99. The lowest BCUT2D eigenvalue weighted by molar-refractivity contribution is 0.0600. The molecule has 0 spiro atoms. The molecule has 0 radical (unpaired) electrons. The fourth-order valence-electron chi connectivity index (χ4n) is 2.61. The second-order valence-electron chi connectivity index (χ2n) is 5.27. The smallest absolute Gasteiger partial charge is 0.337 e. The molecule has 0 bridgehead atoms. The van der Waals surface area contributed by atoms with Crippen LogP contribution in [0.2, 0.25) is 0 Å². The van der Waals surface area contributed by atoms with Gasteiger partial charge in [0.25, 0.3) is 5.91 Å². The lowest BCUT2D eigenvalue weighted by atomic mass is 10.0. The highest BCUT2D eigenvalue weighted by Crippen LogP contribution is 2.35. The average Bonchev–Trinajstić information content (AvgIpc) is 2.61. The second kappa shape index (κ2) is 6.87. The van der Waals surface area contributed by atoms with Gasteiger partial charge in [-0.05, 0) is 42.3 Å². The molecule has 1 atom stereocenters. The van der Waals surface area contributed by atoms with Crippen molar-refractivity contribution < 1.29 is 14.3 Å². The highest BCUT2D eigenvalue weighted by atomic mass is 32.2. The van der Waals surface area contributed by atoms with Crippen molar-refractivity contribution in [1.82, 2.24) is 5.32 Å². The van der Waals surface area contributed by atoms with E-state index < -0.39 is 5.97 Å². The standard InChI is InChI=1S/C18H17NO3S/c1-22-18(21)13-8-6-12(7-9-13)17(20)19-15-10-11-23-16-5-3-2-4-14(15)16/h2-9,15H,10-11H2,1H3,(H,19,20)/t15-/m1/s1. The fraction of sp³-hybridized carbons (Fsp3) is 0.222. The molecule has 3 rings (SSSR count). The Morgan fingerprint density at radius 3 is 2.52 bits per heavy atom. The van der Waals surface area contributed by atoms with Crippen molar-refractivity contribution in [2.24, 2.45) is 0 Å². The van der Waals surface area contributed by atoms with Crippen LogP contribution in [0, 0.1) is 0 Å². The molecule has 0 aromatic heterocycles. The van der Waals surface area contributed by atoms with Gasteiger partial charge in [0.1, 0.15) is 0 Å². The van der Waals surface area contributed by atoms with Gasteiger partial charge in [-0.2, -0.15) is 0 Å². The van der Waals surface area contributed by atoms with E-state index in [2.05, 4.69) is 22.2 Å². The zero-order valence-electron chi connectivity index (χ0n) is 12.7. The summed E-state index contributed by atoms with van der Waals surface area (Å²) in [5.41, 5.74) is 2.14. The van der Waals surface area contributed by atoms with E-state index >= 15 is 0 Å². The summed E-state index contributed by atoms with van der Waals surface area (Å²) in [6.45, 7) is 0. The van der Waals surface area contributed by atoms with Gasteiger partial charge in [0, 0.05) is 16.2 Å². The van der Waals surface area contributed by atoms with Crippen LogP contribution in [0.4, 0.5) is 0 Å². The van der Waals surface area contributed by atoms with Crippen molar-refractivity contribution in [3.8, 4) is 0 Å². The lowest BCUT2D eigenvalue weighted by Crippen LogP contribution is -2.30. The first-order chi connectivity index (χ1) is 11.2. The molecule has 1 amide bonds. The van der Waals surface area contributed by atoms with Crippen molar-refractivity contribution in [1.29, 1.82) is 0 Å². The van der Waals surface area contributed by atoms with Crippen molar-refractivity contribution in [2.45, 2.75) is 17.4 Å². The number of hydrogen-bond acceptors (Lipinski definition) is 4. The summed E-state index contributed by atoms with van der Waals surface area (Å²) in [7, 11) is 1.33. The number of esters is 1. The topological polar surface area (TPSA) is 55.4 Å². The van der Waals surface area contributed by atoms with Crippen LogP contribution >= 0.6 is 11.8 Å². The maximum atomic E-state index is 12.4. The van der Waals surface area contributed by atoms with Gasteiger partial charge in [-0.25, -0.2) is 4.79 Å². The molecule has 1 heterocycles. The van der Waals surface area contributed by atoms with Crippen LogP contribution in [0.5, 0.6) is 0 Å². The van der Waals surface area contributed by atoms with Crippen LogP contribution in [0.15, 0.2) is 53.4 Å². The summed E-state index contributed by atoms with van der Waals surface area (Å²) in [4.78, 5) is 25.1. The zero-order valence-corrected chi connectivity index (χ0v) is 13.6. The molecule has 1 aliphatic rings. The van der Waals surface area contributed by atoms with E-state index in [1.807, 2.05) is 23.9 Å². The van der Waals surface area contributed by atoms with Crippen LogP contribution in [0.1, 0.15) is 38.7 Å². The van der Waals surface area contributed by atoms with Gasteiger partial charge in [0.05, 0.1) is 18.7 Å². The molecule has 2 aromatic rings. The molecule has 118 valence electrons. The predicted octanol–water partition coefficient (Wildman–Crippen LogP) is 3.44. The first-order valence-corrected chi connectivity index (χ1v) is 8.38. The third kappa shape index (κ3) is 3.40. The van der Waals surface area contributed by atoms with Crippen molar-refractivity contribution in [3.63, 3.8) is 0 Å². The van der Waals surface area contributed by atoms with Gasteiger partial charge in [-0.1, -0.05) is 18.2 Å².